The van der Waals surface area contributed by atoms with Gasteiger partial charge in [0, 0.05) is 16.6 Å². The summed E-state index contributed by atoms with van der Waals surface area (Å²) in [6, 6.07) is 13.0. The number of aryl methyl sites for hydroxylation is 1. The van der Waals surface area contributed by atoms with Crippen molar-refractivity contribution < 1.29 is 31.8 Å². The van der Waals surface area contributed by atoms with Gasteiger partial charge in [-0.05, 0) is 66.8 Å². The number of aromatic nitrogens is 2. The van der Waals surface area contributed by atoms with Gasteiger partial charge in [-0.25, -0.2) is 13.5 Å². The maximum absolute atomic E-state index is 14.4. The van der Waals surface area contributed by atoms with Gasteiger partial charge in [-0.15, -0.1) is 0 Å². The molecule has 202 valence electrons. The average molecular weight is 534 g/mol. The molecule has 0 bridgehead atoms. The van der Waals surface area contributed by atoms with E-state index < -0.39 is 41.8 Å². The molecule has 0 saturated carbocycles. The van der Waals surface area contributed by atoms with Crippen LogP contribution in [0.1, 0.15) is 31.4 Å². The number of anilines is 1. The third-order valence-corrected chi connectivity index (χ3v) is 6.64. The van der Waals surface area contributed by atoms with Gasteiger partial charge in [-0.2, -0.15) is 18.3 Å². The first-order valence-electron chi connectivity index (χ1n) is 11.9. The molecule has 0 spiro atoms. The fourth-order valence-electron chi connectivity index (χ4n) is 4.77. The summed E-state index contributed by atoms with van der Waals surface area (Å²) in [5.41, 5.74) is -2.64. The summed E-state index contributed by atoms with van der Waals surface area (Å²) in [6.45, 7) is 3.84. The maximum Gasteiger partial charge on any atom is 0.418 e. The van der Waals surface area contributed by atoms with E-state index in [1.165, 1.54) is 44.0 Å². The van der Waals surface area contributed by atoms with Gasteiger partial charge in [0.25, 0.3) is 0 Å². The highest BCUT2D eigenvalue weighted by Crippen LogP contribution is 2.44. The molecular weight excluding hydrogens is 505 g/mol. The molecule has 1 heterocycles. The van der Waals surface area contributed by atoms with E-state index in [9.17, 15) is 27.1 Å². The van der Waals surface area contributed by atoms with E-state index in [-0.39, 0.29) is 17.0 Å². The molecule has 4 aromatic rings. The highest BCUT2D eigenvalue weighted by Gasteiger charge is 2.56. The van der Waals surface area contributed by atoms with E-state index in [1.807, 2.05) is 0 Å². The third-order valence-electron chi connectivity index (χ3n) is 6.64. The number of ether oxygens (including phenoxy) is 1. The van der Waals surface area contributed by atoms with Gasteiger partial charge in [0.2, 0.25) is 0 Å². The first-order valence-corrected chi connectivity index (χ1v) is 11.9. The summed E-state index contributed by atoms with van der Waals surface area (Å²) in [5.74, 6) is -0.915. The molecule has 0 aliphatic carbocycles. The van der Waals surface area contributed by atoms with Crippen LogP contribution in [0.2, 0.25) is 0 Å². The number of para-hydroxylation sites is 1. The summed E-state index contributed by atoms with van der Waals surface area (Å²) in [6.07, 6.45) is -4.37. The monoisotopic (exact) mass is 533 g/mol. The highest BCUT2D eigenvalue weighted by atomic mass is 19.4. The number of fused-ring (bicyclic) bond motifs is 1. The normalized spacial score (nSPS) is 13.9. The Bertz CT molecular complexity index is 1460. The maximum atomic E-state index is 14.4. The Labute approximate surface area is 216 Å². The smallest absolute Gasteiger partial charge is 0.418 e. The average Bonchev–Trinajstić information content (AvgIpc) is 3.25. The van der Waals surface area contributed by atoms with Crippen molar-refractivity contribution in [3.8, 4) is 11.4 Å². The van der Waals surface area contributed by atoms with E-state index >= 15 is 0 Å². The number of alkyl halides is 3. The van der Waals surface area contributed by atoms with Crippen molar-refractivity contribution in [1.82, 2.24) is 9.78 Å². The summed E-state index contributed by atoms with van der Waals surface area (Å²) in [4.78, 5) is 0. The fourth-order valence-corrected chi connectivity index (χ4v) is 4.77. The molecule has 38 heavy (non-hydrogen) atoms. The lowest BCUT2D eigenvalue weighted by Crippen LogP contribution is -2.53. The second-order valence-electron chi connectivity index (χ2n) is 10.0. The van der Waals surface area contributed by atoms with Gasteiger partial charge in [0.05, 0.1) is 25.4 Å². The van der Waals surface area contributed by atoms with Gasteiger partial charge in [0.15, 0.2) is 5.60 Å². The molecule has 4 rings (SSSR count). The van der Waals surface area contributed by atoms with Crippen LogP contribution in [0, 0.1) is 18.6 Å². The topological polar surface area (TPSA) is 59.3 Å². The standard InChI is InChI=1S/C28H28F5N3O2/c1-17-11-22(19-14-35-36(24(19)12-17)23-8-6-5-7-21(23)30)34-16-27(37,28(31,32)33)15-26(2,3)20-13-18(29)9-10-25(20)38-4/h5-14,34,37H,15-16H2,1-4H3. The molecule has 0 fully saturated rings. The van der Waals surface area contributed by atoms with Crippen LogP contribution in [-0.4, -0.2) is 40.3 Å². The van der Waals surface area contributed by atoms with Crippen LogP contribution >= 0.6 is 0 Å². The number of benzene rings is 3. The molecule has 0 saturated heterocycles. The lowest BCUT2D eigenvalue weighted by Gasteiger charge is -2.38. The summed E-state index contributed by atoms with van der Waals surface area (Å²) >= 11 is 0. The Morgan fingerprint density at radius 3 is 2.39 bits per heavy atom. The lowest BCUT2D eigenvalue weighted by molar-refractivity contribution is -0.260. The second kappa shape index (κ2) is 9.90. The first-order chi connectivity index (χ1) is 17.8. The first kappa shape index (κ1) is 27.4. The van der Waals surface area contributed by atoms with Crippen molar-refractivity contribution in [1.29, 1.82) is 0 Å². The summed E-state index contributed by atoms with van der Waals surface area (Å²) < 4.78 is 78.0. The van der Waals surface area contributed by atoms with Crippen LogP contribution in [-0.2, 0) is 5.41 Å². The van der Waals surface area contributed by atoms with Crippen molar-refractivity contribution in [2.75, 3.05) is 19.0 Å². The largest absolute Gasteiger partial charge is 0.496 e. The Balaban J connectivity index is 1.69. The lowest BCUT2D eigenvalue weighted by atomic mass is 9.74. The summed E-state index contributed by atoms with van der Waals surface area (Å²) in [5, 5.41) is 18.5. The quantitative estimate of drug-likeness (QED) is 0.248. The van der Waals surface area contributed by atoms with Gasteiger partial charge in [-0.3, -0.25) is 0 Å². The Morgan fingerprint density at radius 1 is 1.03 bits per heavy atom. The van der Waals surface area contributed by atoms with Crippen molar-refractivity contribution >= 4 is 16.6 Å². The number of aliphatic hydroxyl groups is 1. The molecule has 0 amide bonds. The molecule has 3 aromatic carbocycles. The van der Waals surface area contributed by atoms with Crippen LogP contribution in [0.3, 0.4) is 0 Å². The van der Waals surface area contributed by atoms with Gasteiger partial charge >= 0.3 is 6.18 Å². The highest BCUT2D eigenvalue weighted by molar-refractivity contribution is 5.93. The zero-order valence-electron chi connectivity index (χ0n) is 21.3. The molecule has 0 radical (unpaired) electrons. The molecule has 10 heteroatoms. The van der Waals surface area contributed by atoms with Crippen molar-refractivity contribution in [3.05, 3.63) is 83.6 Å². The van der Waals surface area contributed by atoms with Crippen LogP contribution in [0.15, 0.2) is 60.8 Å². The minimum absolute atomic E-state index is 0.191. The molecule has 2 N–H and O–H groups in total. The zero-order chi connectivity index (χ0) is 27.9. The fraction of sp³-hybridized carbons (Fsp3) is 0.321. The number of hydrogen-bond acceptors (Lipinski definition) is 4. The van der Waals surface area contributed by atoms with Crippen LogP contribution in [0.4, 0.5) is 27.6 Å². The van der Waals surface area contributed by atoms with Crippen LogP contribution in [0.5, 0.6) is 5.75 Å². The molecule has 0 aliphatic heterocycles. The molecular formula is C28H28F5N3O2. The minimum Gasteiger partial charge on any atom is -0.496 e. The molecule has 0 aliphatic rings. The van der Waals surface area contributed by atoms with Crippen molar-refractivity contribution in [2.24, 2.45) is 0 Å². The molecule has 5 nitrogen and oxygen atoms in total. The van der Waals surface area contributed by atoms with Crippen molar-refractivity contribution in [2.45, 2.75) is 44.4 Å². The van der Waals surface area contributed by atoms with E-state index in [4.69, 9.17) is 4.74 Å². The van der Waals surface area contributed by atoms with Gasteiger partial charge in [-0.1, -0.05) is 26.0 Å². The Hall–Kier alpha value is -3.66. The van der Waals surface area contributed by atoms with E-state index in [0.717, 1.165) is 12.1 Å². The molecule has 1 aromatic heterocycles. The predicted octanol–water partition coefficient (Wildman–Crippen LogP) is 6.69. The van der Waals surface area contributed by atoms with E-state index in [2.05, 4.69) is 10.4 Å². The zero-order valence-corrected chi connectivity index (χ0v) is 21.3. The summed E-state index contributed by atoms with van der Waals surface area (Å²) in [7, 11) is 1.34. The predicted molar refractivity (Wildman–Crippen MR) is 136 cm³/mol. The third kappa shape index (κ3) is 5.18. The van der Waals surface area contributed by atoms with Gasteiger partial charge in [0.1, 0.15) is 23.1 Å². The number of nitrogens with one attached hydrogen (secondary N) is 1. The number of halogens is 5. The van der Waals surface area contributed by atoms with Crippen LogP contribution in [0.25, 0.3) is 16.6 Å². The number of nitrogens with zero attached hydrogens (tertiary/aromatic N) is 2. The Kier molecular flexibility index (Phi) is 7.13. The van der Waals surface area contributed by atoms with Gasteiger partial charge < -0.3 is 15.2 Å². The van der Waals surface area contributed by atoms with E-state index in [1.54, 1.807) is 37.3 Å². The molecule has 1 unspecified atom stereocenters. The van der Waals surface area contributed by atoms with E-state index in [0.29, 0.717) is 22.2 Å². The number of rotatable bonds is 8. The van der Waals surface area contributed by atoms with Crippen LogP contribution < -0.4 is 10.1 Å². The minimum atomic E-state index is -5.02. The second-order valence-corrected chi connectivity index (χ2v) is 10.0. The van der Waals surface area contributed by atoms with Crippen molar-refractivity contribution in [3.63, 3.8) is 0 Å². The Morgan fingerprint density at radius 2 is 1.74 bits per heavy atom. The number of hydrogen-bond donors (Lipinski definition) is 2. The SMILES string of the molecule is COc1ccc(F)cc1C(C)(C)CC(O)(CNc1cc(C)cc2c1cnn2-c1ccccc1F)C(F)(F)F. The number of methoxy groups -OCH3 is 1. The molecule has 1 atom stereocenters.